The van der Waals surface area contributed by atoms with Gasteiger partial charge in [0.05, 0.1) is 10.4 Å². The van der Waals surface area contributed by atoms with Gasteiger partial charge < -0.3 is 0 Å². The standard InChI is InChI=1S/C20H19NO2S/c1-14-7-10-16(11-8-14)24(22,23)21-19-6-4-3-5-17(19)18-13-15(2)9-12-20(18)21/h3-11H,12-13H2,1-2H3. The molecule has 122 valence electrons. The summed E-state index contributed by atoms with van der Waals surface area (Å²) in [5, 5.41) is 1.04. The first kappa shape index (κ1) is 15.2. The molecule has 1 aliphatic rings. The van der Waals surface area contributed by atoms with E-state index in [1.165, 1.54) is 5.57 Å². The maximum Gasteiger partial charge on any atom is 0.268 e. The average molecular weight is 337 g/mol. The molecular weight excluding hydrogens is 318 g/mol. The van der Waals surface area contributed by atoms with Crippen LogP contribution < -0.4 is 0 Å². The van der Waals surface area contributed by atoms with Gasteiger partial charge in [-0.15, -0.1) is 0 Å². The number of aryl methyl sites for hydroxylation is 1. The van der Waals surface area contributed by atoms with Gasteiger partial charge in [0.1, 0.15) is 0 Å². The van der Waals surface area contributed by atoms with Gasteiger partial charge >= 0.3 is 0 Å². The zero-order chi connectivity index (χ0) is 16.9. The highest BCUT2D eigenvalue weighted by molar-refractivity contribution is 7.90. The Labute approximate surface area is 142 Å². The van der Waals surface area contributed by atoms with E-state index in [-0.39, 0.29) is 0 Å². The first-order valence-corrected chi connectivity index (χ1v) is 9.51. The molecule has 0 bridgehead atoms. The first-order chi connectivity index (χ1) is 11.5. The number of allylic oxidation sites excluding steroid dienone is 2. The number of aromatic nitrogens is 1. The van der Waals surface area contributed by atoms with E-state index in [9.17, 15) is 8.42 Å². The number of benzene rings is 2. The van der Waals surface area contributed by atoms with Crippen LogP contribution in [-0.2, 0) is 22.9 Å². The minimum atomic E-state index is -3.61. The van der Waals surface area contributed by atoms with Gasteiger partial charge in [0.2, 0.25) is 0 Å². The molecule has 0 fully saturated rings. The van der Waals surface area contributed by atoms with Gasteiger partial charge in [0.25, 0.3) is 10.0 Å². The second-order valence-corrected chi connectivity index (χ2v) is 8.24. The lowest BCUT2D eigenvalue weighted by Gasteiger charge is -2.15. The summed E-state index contributed by atoms with van der Waals surface area (Å²) in [6.07, 6.45) is 3.59. The zero-order valence-corrected chi connectivity index (χ0v) is 14.6. The summed E-state index contributed by atoms with van der Waals surface area (Å²) in [6, 6.07) is 14.9. The van der Waals surface area contributed by atoms with Gasteiger partial charge in [-0.1, -0.05) is 47.5 Å². The molecule has 1 heterocycles. The van der Waals surface area contributed by atoms with E-state index in [0.29, 0.717) is 11.3 Å². The maximum atomic E-state index is 13.3. The SMILES string of the molecule is CC1=CCc2c(c3ccccc3n2S(=O)(=O)c2ccc(C)cc2)C1. The van der Waals surface area contributed by atoms with Crippen molar-refractivity contribution in [1.29, 1.82) is 0 Å². The smallest absolute Gasteiger partial charge is 0.237 e. The van der Waals surface area contributed by atoms with Crippen molar-refractivity contribution in [2.75, 3.05) is 0 Å². The second kappa shape index (κ2) is 5.35. The highest BCUT2D eigenvalue weighted by Crippen LogP contribution is 2.34. The third-order valence-corrected chi connectivity index (χ3v) is 6.47. The lowest BCUT2D eigenvalue weighted by molar-refractivity contribution is 0.587. The van der Waals surface area contributed by atoms with Crippen LogP contribution in [0.4, 0.5) is 0 Å². The summed E-state index contributed by atoms with van der Waals surface area (Å²) in [6.45, 7) is 4.06. The molecule has 3 nitrogen and oxygen atoms in total. The third-order valence-electron chi connectivity index (χ3n) is 4.70. The molecule has 0 radical (unpaired) electrons. The van der Waals surface area contributed by atoms with Crippen LogP contribution in [0.2, 0.25) is 0 Å². The van der Waals surface area contributed by atoms with Crippen LogP contribution in [0.5, 0.6) is 0 Å². The van der Waals surface area contributed by atoms with Gasteiger partial charge in [-0.3, -0.25) is 0 Å². The molecule has 0 N–H and O–H groups in total. The fraction of sp³-hybridized carbons (Fsp3) is 0.200. The molecule has 0 unspecified atom stereocenters. The van der Waals surface area contributed by atoms with Crippen molar-refractivity contribution in [1.82, 2.24) is 3.97 Å². The fourth-order valence-corrected chi connectivity index (χ4v) is 5.03. The third kappa shape index (κ3) is 2.21. The van der Waals surface area contributed by atoms with Gasteiger partial charge in [-0.25, -0.2) is 12.4 Å². The molecule has 4 rings (SSSR count). The van der Waals surface area contributed by atoms with Gasteiger partial charge in [0, 0.05) is 17.5 Å². The highest BCUT2D eigenvalue weighted by atomic mass is 32.2. The molecular formula is C20H19NO2S. The number of rotatable bonds is 2. The predicted molar refractivity (Wildman–Crippen MR) is 96.9 cm³/mol. The van der Waals surface area contributed by atoms with Crippen molar-refractivity contribution >= 4 is 20.9 Å². The van der Waals surface area contributed by atoms with E-state index >= 15 is 0 Å². The Balaban J connectivity index is 2.03. The molecule has 0 saturated carbocycles. The lowest BCUT2D eigenvalue weighted by Crippen LogP contribution is -2.17. The van der Waals surface area contributed by atoms with Crippen LogP contribution in [0.15, 0.2) is 65.1 Å². The lowest BCUT2D eigenvalue weighted by atomic mass is 9.96. The van der Waals surface area contributed by atoms with Gasteiger partial charge in [-0.05, 0) is 44.0 Å². The van der Waals surface area contributed by atoms with E-state index in [4.69, 9.17) is 0 Å². The monoisotopic (exact) mass is 337 g/mol. The Morgan fingerprint density at radius 3 is 2.42 bits per heavy atom. The molecule has 4 heteroatoms. The number of para-hydroxylation sites is 1. The molecule has 2 aromatic carbocycles. The molecule has 0 saturated heterocycles. The van der Waals surface area contributed by atoms with E-state index in [2.05, 4.69) is 13.0 Å². The largest absolute Gasteiger partial charge is 0.268 e. The first-order valence-electron chi connectivity index (χ1n) is 8.07. The zero-order valence-electron chi connectivity index (χ0n) is 13.8. The fourth-order valence-electron chi connectivity index (χ4n) is 3.44. The summed E-state index contributed by atoms with van der Waals surface area (Å²) < 4.78 is 28.2. The molecule has 3 aromatic rings. The summed E-state index contributed by atoms with van der Waals surface area (Å²) in [7, 11) is -3.61. The number of nitrogens with zero attached hydrogens (tertiary/aromatic N) is 1. The Morgan fingerprint density at radius 2 is 1.67 bits per heavy atom. The van der Waals surface area contributed by atoms with Gasteiger partial charge in [-0.2, -0.15) is 0 Å². The van der Waals surface area contributed by atoms with Crippen molar-refractivity contribution in [2.24, 2.45) is 0 Å². The minimum Gasteiger partial charge on any atom is -0.237 e. The normalized spacial score (nSPS) is 14.5. The van der Waals surface area contributed by atoms with E-state index in [1.807, 2.05) is 43.3 Å². The van der Waals surface area contributed by atoms with Crippen LogP contribution >= 0.6 is 0 Å². The Kier molecular flexibility index (Phi) is 3.39. The molecule has 1 aromatic heterocycles. The number of hydrogen-bond donors (Lipinski definition) is 0. The number of hydrogen-bond acceptors (Lipinski definition) is 2. The summed E-state index contributed by atoms with van der Waals surface area (Å²) in [4.78, 5) is 0.336. The van der Waals surface area contributed by atoms with Crippen molar-refractivity contribution in [3.63, 3.8) is 0 Å². The van der Waals surface area contributed by atoms with Crippen molar-refractivity contribution in [3.05, 3.63) is 77.0 Å². The van der Waals surface area contributed by atoms with Crippen LogP contribution in [0.1, 0.15) is 23.7 Å². The van der Waals surface area contributed by atoms with Gasteiger partial charge in [0.15, 0.2) is 0 Å². The summed E-state index contributed by atoms with van der Waals surface area (Å²) in [5.74, 6) is 0. The van der Waals surface area contributed by atoms with E-state index in [1.54, 1.807) is 16.1 Å². The molecule has 0 aliphatic heterocycles. The quantitative estimate of drug-likeness (QED) is 0.656. The van der Waals surface area contributed by atoms with Crippen LogP contribution in [0, 0.1) is 6.92 Å². The topological polar surface area (TPSA) is 39.1 Å². The Bertz CT molecular complexity index is 1070. The van der Waals surface area contributed by atoms with Crippen molar-refractivity contribution in [3.8, 4) is 0 Å². The number of fused-ring (bicyclic) bond motifs is 3. The second-order valence-electron chi connectivity index (χ2n) is 6.46. The van der Waals surface area contributed by atoms with E-state index < -0.39 is 10.0 Å². The maximum absolute atomic E-state index is 13.3. The summed E-state index contributed by atoms with van der Waals surface area (Å²) in [5.41, 5.74) is 5.14. The Morgan fingerprint density at radius 1 is 0.958 bits per heavy atom. The minimum absolute atomic E-state index is 0.336. The highest BCUT2D eigenvalue weighted by Gasteiger charge is 2.27. The molecule has 24 heavy (non-hydrogen) atoms. The van der Waals surface area contributed by atoms with E-state index in [0.717, 1.165) is 34.1 Å². The van der Waals surface area contributed by atoms with Crippen LogP contribution in [0.25, 0.3) is 10.9 Å². The summed E-state index contributed by atoms with van der Waals surface area (Å²) >= 11 is 0. The molecule has 0 amide bonds. The van der Waals surface area contributed by atoms with Crippen molar-refractivity contribution in [2.45, 2.75) is 31.6 Å². The molecule has 1 aliphatic carbocycles. The molecule has 0 atom stereocenters. The van der Waals surface area contributed by atoms with Crippen molar-refractivity contribution < 1.29 is 8.42 Å². The van der Waals surface area contributed by atoms with Crippen LogP contribution in [0.3, 0.4) is 0 Å². The van der Waals surface area contributed by atoms with Crippen LogP contribution in [-0.4, -0.2) is 12.4 Å². The predicted octanol–water partition coefficient (Wildman–Crippen LogP) is 4.23. The Hall–Kier alpha value is -2.33. The average Bonchev–Trinajstić information content (AvgIpc) is 2.90. The molecule has 0 spiro atoms.